The number of esters is 1. The Morgan fingerprint density at radius 2 is 2.25 bits per heavy atom. The van der Waals surface area contributed by atoms with Gasteiger partial charge in [-0.05, 0) is 28.1 Å². The SMILES string of the molecule is COC(=O)CCNC(=O)c1ccc(Br)nc1. The molecule has 0 bridgehead atoms. The van der Waals surface area contributed by atoms with Gasteiger partial charge in [-0.15, -0.1) is 0 Å². The standard InChI is InChI=1S/C10H11BrN2O3/c1-16-9(14)4-5-12-10(15)7-2-3-8(11)13-6-7/h2-3,6H,4-5H2,1H3,(H,12,15). The van der Waals surface area contributed by atoms with E-state index in [1.54, 1.807) is 12.1 Å². The van der Waals surface area contributed by atoms with Crippen LogP contribution in [0.15, 0.2) is 22.9 Å². The number of carbonyl (C=O) groups excluding carboxylic acids is 2. The summed E-state index contributed by atoms with van der Waals surface area (Å²) in [6, 6.07) is 3.32. The number of hydrogen-bond donors (Lipinski definition) is 1. The molecule has 5 nitrogen and oxygen atoms in total. The molecule has 1 rings (SSSR count). The average Bonchev–Trinajstić information content (AvgIpc) is 2.29. The van der Waals surface area contributed by atoms with E-state index in [9.17, 15) is 9.59 Å². The van der Waals surface area contributed by atoms with Gasteiger partial charge in [-0.3, -0.25) is 9.59 Å². The maximum atomic E-state index is 11.5. The molecule has 0 aliphatic heterocycles. The van der Waals surface area contributed by atoms with Crippen molar-refractivity contribution in [3.63, 3.8) is 0 Å². The molecule has 86 valence electrons. The monoisotopic (exact) mass is 286 g/mol. The quantitative estimate of drug-likeness (QED) is 0.666. The van der Waals surface area contributed by atoms with Gasteiger partial charge in [0.1, 0.15) is 4.60 Å². The summed E-state index contributed by atoms with van der Waals surface area (Å²) in [6.07, 6.45) is 1.61. The van der Waals surface area contributed by atoms with Crippen LogP contribution in [0.2, 0.25) is 0 Å². The Kier molecular flexibility index (Phi) is 4.91. The van der Waals surface area contributed by atoms with Crippen LogP contribution in [-0.4, -0.2) is 30.5 Å². The summed E-state index contributed by atoms with van der Waals surface area (Å²) in [5.41, 5.74) is 0.452. The number of ether oxygens (including phenoxy) is 1. The van der Waals surface area contributed by atoms with Crippen molar-refractivity contribution in [1.82, 2.24) is 10.3 Å². The van der Waals surface area contributed by atoms with Gasteiger partial charge >= 0.3 is 5.97 Å². The smallest absolute Gasteiger partial charge is 0.307 e. The highest BCUT2D eigenvalue weighted by Gasteiger charge is 2.06. The Hall–Kier alpha value is -1.43. The summed E-state index contributed by atoms with van der Waals surface area (Å²) in [5.74, 6) is -0.613. The lowest BCUT2D eigenvalue weighted by Crippen LogP contribution is -2.26. The van der Waals surface area contributed by atoms with Crippen molar-refractivity contribution in [1.29, 1.82) is 0 Å². The molecule has 0 fully saturated rings. The van der Waals surface area contributed by atoms with Gasteiger partial charge in [0.05, 0.1) is 19.1 Å². The lowest BCUT2D eigenvalue weighted by molar-refractivity contribution is -0.140. The van der Waals surface area contributed by atoms with Crippen LogP contribution in [0, 0.1) is 0 Å². The zero-order chi connectivity index (χ0) is 12.0. The zero-order valence-electron chi connectivity index (χ0n) is 8.70. The summed E-state index contributed by atoms with van der Waals surface area (Å²) in [6.45, 7) is 0.252. The van der Waals surface area contributed by atoms with Crippen molar-refractivity contribution in [2.24, 2.45) is 0 Å². The van der Waals surface area contributed by atoms with Crippen molar-refractivity contribution in [3.05, 3.63) is 28.5 Å². The molecule has 0 spiro atoms. The van der Waals surface area contributed by atoms with Gasteiger partial charge in [0.25, 0.3) is 5.91 Å². The van der Waals surface area contributed by atoms with Gasteiger partial charge in [-0.25, -0.2) is 4.98 Å². The molecular weight excluding hydrogens is 276 g/mol. The van der Waals surface area contributed by atoms with E-state index in [0.29, 0.717) is 10.2 Å². The normalized spacial score (nSPS) is 9.62. The van der Waals surface area contributed by atoms with Crippen LogP contribution in [0.25, 0.3) is 0 Å². The number of pyridine rings is 1. The van der Waals surface area contributed by atoms with E-state index < -0.39 is 0 Å². The van der Waals surface area contributed by atoms with Crippen molar-refractivity contribution in [3.8, 4) is 0 Å². The second-order valence-electron chi connectivity index (χ2n) is 2.95. The molecule has 1 N–H and O–H groups in total. The number of methoxy groups -OCH3 is 1. The highest BCUT2D eigenvalue weighted by atomic mass is 79.9. The van der Waals surface area contributed by atoms with Gasteiger partial charge in [-0.2, -0.15) is 0 Å². The first-order chi connectivity index (χ1) is 7.63. The van der Waals surface area contributed by atoms with Gasteiger partial charge in [-0.1, -0.05) is 0 Å². The van der Waals surface area contributed by atoms with Gasteiger partial charge in [0.15, 0.2) is 0 Å². The molecule has 0 saturated carbocycles. The molecule has 16 heavy (non-hydrogen) atoms. The third kappa shape index (κ3) is 3.98. The Morgan fingerprint density at radius 3 is 2.81 bits per heavy atom. The Morgan fingerprint density at radius 1 is 1.50 bits per heavy atom. The number of rotatable bonds is 4. The first-order valence-electron chi connectivity index (χ1n) is 4.60. The van der Waals surface area contributed by atoms with Crippen LogP contribution < -0.4 is 5.32 Å². The number of aromatic nitrogens is 1. The van der Waals surface area contributed by atoms with Gasteiger partial charge < -0.3 is 10.1 Å². The van der Waals surface area contributed by atoms with E-state index in [0.717, 1.165) is 0 Å². The molecule has 0 aliphatic carbocycles. The van der Waals surface area contributed by atoms with E-state index >= 15 is 0 Å². The highest BCUT2D eigenvalue weighted by Crippen LogP contribution is 2.05. The molecule has 1 aromatic rings. The fourth-order valence-electron chi connectivity index (χ4n) is 0.992. The van der Waals surface area contributed by atoms with Crippen molar-refractivity contribution in [2.45, 2.75) is 6.42 Å². The Bertz CT molecular complexity index is 378. The molecule has 0 aliphatic rings. The van der Waals surface area contributed by atoms with Crippen LogP contribution in [0.1, 0.15) is 16.8 Å². The van der Waals surface area contributed by atoms with Gasteiger partial charge in [0, 0.05) is 12.7 Å². The van der Waals surface area contributed by atoms with Gasteiger partial charge in [0.2, 0.25) is 0 Å². The summed E-state index contributed by atoms with van der Waals surface area (Å²) < 4.78 is 5.11. The maximum Gasteiger partial charge on any atom is 0.307 e. The second-order valence-corrected chi connectivity index (χ2v) is 3.76. The molecule has 1 heterocycles. The number of halogens is 1. The first kappa shape index (κ1) is 12.6. The van der Waals surface area contributed by atoms with E-state index in [1.165, 1.54) is 13.3 Å². The number of amides is 1. The summed E-state index contributed by atoms with van der Waals surface area (Å²) in [7, 11) is 1.31. The second kappa shape index (κ2) is 6.22. The minimum absolute atomic E-state index is 0.159. The molecule has 0 atom stereocenters. The molecule has 0 aromatic carbocycles. The van der Waals surface area contributed by atoms with Crippen LogP contribution in [0.5, 0.6) is 0 Å². The maximum absolute atomic E-state index is 11.5. The van der Waals surface area contributed by atoms with Crippen LogP contribution in [0.3, 0.4) is 0 Å². The van der Waals surface area contributed by atoms with Crippen LogP contribution in [0.4, 0.5) is 0 Å². The molecular formula is C10H11BrN2O3. The number of hydrogen-bond acceptors (Lipinski definition) is 4. The fraction of sp³-hybridized carbons (Fsp3) is 0.300. The molecule has 0 saturated heterocycles. The van der Waals surface area contributed by atoms with Crippen LogP contribution >= 0.6 is 15.9 Å². The molecule has 0 radical (unpaired) electrons. The van der Waals surface area contributed by atoms with E-state index in [2.05, 4.69) is 31.0 Å². The zero-order valence-corrected chi connectivity index (χ0v) is 10.3. The first-order valence-corrected chi connectivity index (χ1v) is 5.39. The number of carbonyl (C=O) groups is 2. The van der Waals surface area contributed by atoms with Crippen molar-refractivity contribution in [2.75, 3.05) is 13.7 Å². The minimum Gasteiger partial charge on any atom is -0.469 e. The number of nitrogens with one attached hydrogen (secondary N) is 1. The largest absolute Gasteiger partial charge is 0.469 e. The third-order valence-electron chi connectivity index (χ3n) is 1.83. The predicted molar refractivity (Wildman–Crippen MR) is 60.9 cm³/mol. The Labute approximate surface area is 101 Å². The summed E-state index contributed by atoms with van der Waals surface area (Å²) in [4.78, 5) is 26.2. The number of nitrogens with zero attached hydrogens (tertiary/aromatic N) is 1. The van der Waals surface area contributed by atoms with E-state index in [1.807, 2.05) is 0 Å². The molecule has 0 unspecified atom stereocenters. The minimum atomic E-state index is -0.353. The lowest BCUT2D eigenvalue weighted by Gasteiger charge is -2.03. The average molecular weight is 287 g/mol. The molecule has 6 heteroatoms. The van der Waals surface area contributed by atoms with Crippen molar-refractivity contribution >= 4 is 27.8 Å². The van der Waals surface area contributed by atoms with E-state index in [-0.39, 0.29) is 24.8 Å². The highest BCUT2D eigenvalue weighted by molar-refractivity contribution is 9.10. The topological polar surface area (TPSA) is 68.3 Å². The predicted octanol–water partition coefficient (Wildman–Crippen LogP) is 1.14. The summed E-state index contributed by atoms with van der Waals surface area (Å²) in [5, 5.41) is 2.59. The molecule has 1 aromatic heterocycles. The fourth-order valence-corrected chi connectivity index (χ4v) is 1.23. The third-order valence-corrected chi connectivity index (χ3v) is 2.30. The molecule has 1 amide bonds. The van der Waals surface area contributed by atoms with E-state index in [4.69, 9.17) is 0 Å². The lowest BCUT2D eigenvalue weighted by atomic mass is 10.2. The van der Waals surface area contributed by atoms with Crippen molar-refractivity contribution < 1.29 is 14.3 Å². The summed E-state index contributed by atoms with van der Waals surface area (Å²) >= 11 is 3.17. The van der Waals surface area contributed by atoms with Crippen LogP contribution in [-0.2, 0) is 9.53 Å². The Balaban J connectivity index is 2.41.